The van der Waals surface area contributed by atoms with Crippen molar-refractivity contribution in [2.45, 2.75) is 52.5 Å². The number of hydrogen-bond acceptors (Lipinski definition) is 2. The average molecular weight is 339 g/mol. The predicted octanol–water partition coefficient (Wildman–Crippen LogP) is 4.77. The maximum Gasteiger partial charge on any atom is 0.220 e. The van der Waals surface area contributed by atoms with Crippen LogP contribution in [0.5, 0.6) is 5.75 Å². The van der Waals surface area contributed by atoms with Gasteiger partial charge in [0.1, 0.15) is 5.75 Å². The van der Waals surface area contributed by atoms with Crippen molar-refractivity contribution in [3.63, 3.8) is 0 Å². The van der Waals surface area contributed by atoms with Gasteiger partial charge in [-0.3, -0.25) is 4.79 Å². The topological polar surface area (TPSA) is 38.3 Å². The third-order valence-corrected chi connectivity index (χ3v) is 4.64. The van der Waals surface area contributed by atoms with E-state index in [0.29, 0.717) is 6.42 Å². The molecule has 0 fully saturated rings. The summed E-state index contributed by atoms with van der Waals surface area (Å²) in [5.41, 5.74) is 4.75. The van der Waals surface area contributed by atoms with Crippen LogP contribution in [-0.2, 0) is 17.6 Å². The number of carbonyl (C=O) groups excluding carboxylic acids is 1. The minimum Gasteiger partial charge on any atom is -0.496 e. The zero-order valence-corrected chi connectivity index (χ0v) is 15.8. The van der Waals surface area contributed by atoms with E-state index < -0.39 is 0 Å². The highest BCUT2D eigenvalue weighted by atomic mass is 16.5. The van der Waals surface area contributed by atoms with Gasteiger partial charge in [-0.15, -0.1) is 0 Å². The zero-order valence-electron chi connectivity index (χ0n) is 15.8. The maximum absolute atomic E-state index is 12.4. The molecule has 0 aliphatic rings. The van der Waals surface area contributed by atoms with Crippen molar-refractivity contribution < 1.29 is 9.53 Å². The largest absolute Gasteiger partial charge is 0.496 e. The van der Waals surface area contributed by atoms with E-state index in [4.69, 9.17) is 4.74 Å². The van der Waals surface area contributed by atoms with Crippen molar-refractivity contribution in [2.24, 2.45) is 0 Å². The lowest BCUT2D eigenvalue weighted by molar-refractivity contribution is -0.121. The first kappa shape index (κ1) is 19.0. The normalized spacial score (nSPS) is 11.8. The van der Waals surface area contributed by atoms with E-state index in [9.17, 15) is 4.79 Å². The molecule has 1 atom stereocenters. The van der Waals surface area contributed by atoms with Crippen LogP contribution in [0.4, 0.5) is 0 Å². The molecule has 0 radical (unpaired) electrons. The number of rotatable bonds is 8. The lowest BCUT2D eigenvalue weighted by atomic mass is 10.0. The molecule has 1 N–H and O–H groups in total. The molecule has 0 saturated carbocycles. The Morgan fingerprint density at radius 3 is 2.32 bits per heavy atom. The highest BCUT2D eigenvalue weighted by Crippen LogP contribution is 2.24. The van der Waals surface area contributed by atoms with E-state index in [1.165, 1.54) is 11.1 Å². The van der Waals surface area contributed by atoms with Crippen LogP contribution in [0.1, 0.15) is 55.0 Å². The van der Waals surface area contributed by atoms with Gasteiger partial charge < -0.3 is 10.1 Å². The second kappa shape index (κ2) is 9.26. The highest BCUT2D eigenvalue weighted by Gasteiger charge is 2.14. The molecule has 134 valence electrons. The van der Waals surface area contributed by atoms with Crippen LogP contribution in [0, 0.1) is 6.92 Å². The Morgan fingerprint density at radius 1 is 1.08 bits per heavy atom. The number of methoxy groups -OCH3 is 1. The van der Waals surface area contributed by atoms with Crippen LogP contribution in [0.25, 0.3) is 0 Å². The summed E-state index contributed by atoms with van der Waals surface area (Å²) in [6.07, 6.45) is 3.19. The van der Waals surface area contributed by atoms with Crippen molar-refractivity contribution >= 4 is 5.91 Å². The number of benzene rings is 2. The third-order valence-electron chi connectivity index (χ3n) is 4.64. The van der Waals surface area contributed by atoms with Crippen LogP contribution in [0.2, 0.25) is 0 Å². The highest BCUT2D eigenvalue weighted by molar-refractivity contribution is 5.76. The van der Waals surface area contributed by atoms with E-state index in [0.717, 1.165) is 36.1 Å². The number of nitrogens with one attached hydrogen (secondary N) is 1. The molecule has 0 aromatic heterocycles. The summed E-state index contributed by atoms with van der Waals surface area (Å²) in [7, 11) is 1.67. The Labute approximate surface area is 151 Å². The smallest absolute Gasteiger partial charge is 0.220 e. The molecular weight excluding hydrogens is 310 g/mol. The van der Waals surface area contributed by atoms with Gasteiger partial charge in [-0.1, -0.05) is 50.2 Å². The fraction of sp³-hybridized carbons (Fsp3) is 0.409. The lowest BCUT2D eigenvalue weighted by Crippen LogP contribution is -2.28. The molecule has 0 saturated heterocycles. The molecule has 0 unspecified atom stereocenters. The van der Waals surface area contributed by atoms with Gasteiger partial charge in [-0.05, 0) is 54.5 Å². The Hall–Kier alpha value is -2.29. The Balaban J connectivity index is 1.93. The second-order valence-corrected chi connectivity index (χ2v) is 6.43. The van der Waals surface area contributed by atoms with Crippen molar-refractivity contribution in [1.82, 2.24) is 5.32 Å². The first-order valence-electron chi connectivity index (χ1n) is 9.09. The Morgan fingerprint density at radius 2 is 1.76 bits per heavy atom. The van der Waals surface area contributed by atoms with E-state index in [-0.39, 0.29) is 11.9 Å². The van der Waals surface area contributed by atoms with Crippen LogP contribution >= 0.6 is 0 Å². The van der Waals surface area contributed by atoms with Crippen molar-refractivity contribution in [3.05, 3.63) is 64.7 Å². The standard InChI is InChI=1S/C22H29NO2/c1-5-17-7-9-18(10-8-17)11-14-22(24)23-20(6-2)19-12-13-21(25-4)16(3)15-19/h7-10,12-13,15,20H,5-6,11,14H2,1-4H3,(H,23,24)/t20-/m0/s1. The average Bonchev–Trinajstić information content (AvgIpc) is 2.64. The minimum absolute atomic E-state index is 0.0413. The number of amides is 1. The first-order valence-corrected chi connectivity index (χ1v) is 9.09. The molecule has 3 nitrogen and oxygen atoms in total. The van der Waals surface area contributed by atoms with Crippen molar-refractivity contribution in [2.75, 3.05) is 7.11 Å². The second-order valence-electron chi connectivity index (χ2n) is 6.43. The fourth-order valence-corrected chi connectivity index (χ4v) is 3.01. The summed E-state index contributed by atoms with van der Waals surface area (Å²) in [6.45, 7) is 6.26. The van der Waals surface area contributed by atoms with Gasteiger partial charge in [-0.2, -0.15) is 0 Å². The summed E-state index contributed by atoms with van der Waals surface area (Å²) in [5, 5.41) is 3.16. The third kappa shape index (κ3) is 5.35. The Bertz CT molecular complexity index is 692. The van der Waals surface area contributed by atoms with Gasteiger partial charge in [0.05, 0.1) is 13.2 Å². The lowest BCUT2D eigenvalue weighted by Gasteiger charge is -2.19. The monoisotopic (exact) mass is 339 g/mol. The summed E-state index contributed by atoms with van der Waals surface area (Å²) < 4.78 is 5.31. The summed E-state index contributed by atoms with van der Waals surface area (Å²) in [6, 6.07) is 14.7. The van der Waals surface area contributed by atoms with Gasteiger partial charge >= 0.3 is 0 Å². The molecule has 0 bridgehead atoms. The van der Waals surface area contributed by atoms with E-state index >= 15 is 0 Å². The summed E-state index contributed by atoms with van der Waals surface area (Å²) in [4.78, 5) is 12.4. The summed E-state index contributed by atoms with van der Waals surface area (Å²) in [5.74, 6) is 0.973. The number of hydrogen-bond donors (Lipinski definition) is 1. The van der Waals surface area contributed by atoms with Gasteiger partial charge in [0.2, 0.25) is 5.91 Å². The van der Waals surface area contributed by atoms with E-state index in [1.807, 2.05) is 19.1 Å². The first-order chi connectivity index (χ1) is 12.1. The number of ether oxygens (including phenoxy) is 1. The van der Waals surface area contributed by atoms with Crippen LogP contribution < -0.4 is 10.1 Å². The molecule has 2 aromatic rings. The zero-order chi connectivity index (χ0) is 18.2. The minimum atomic E-state index is 0.0413. The van der Waals surface area contributed by atoms with E-state index in [1.54, 1.807) is 7.11 Å². The van der Waals surface area contributed by atoms with Crippen LogP contribution in [-0.4, -0.2) is 13.0 Å². The molecule has 0 aliphatic carbocycles. The predicted molar refractivity (Wildman–Crippen MR) is 103 cm³/mol. The van der Waals surface area contributed by atoms with Crippen molar-refractivity contribution in [1.29, 1.82) is 0 Å². The maximum atomic E-state index is 12.4. The molecule has 3 heteroatoms. The quantitative estimate of drug-likeness (QED) is 0.752. The molecule has 0 aliphatic heterocycles. The molecule has 1 amide bonds. The number of carbonyl (C=O) groups is 1. The van der Waals surface area contributed by atoms with Crippen molar-refractivity contribution in [3.8, 4) is 5.75 Å². The fourth-order valence-electron chi connectivity index (χ4n) is 3.01. The molecule has 0 spiro atoms. The van der Waals surface area contributed by atoms with Crippen LogP contribution in [0.3, 0.4) is 0 Å². The summed E-state index contributed by atoms with van der Waals surface area (Å²) >= 11 is 0. The van der Waals surface area contributed by atoms with Gasteiger partial charge in [0, 0.05) is 6.42 Å². The van der Waals surface area contributed by atoms with Gasteiger partial charge in [0.15, 0.2) is 0 Å². The molecule has 2 rings (SSSR count). The Kier molecular flexibility index (Phi) is 7.05. The van der Waals surface area contributed by atoms with Gasteiger partial charge in [-0.25, -0.2) is 0 Å². The SMILES string of the molecule is CCc1ccc(CCC(=O)N[C@@H](CC)c2ccc(OC)c(C)c2)cc1. The van der Waals surface area contributed by atoms with E-state index in [2.05, 4.69) is 49.5 Å². The number of aryl methyl sites for hydroxylation is 3. The molecular formula is C22H29NO2. The molecule has 2 aromatic carbocycles. The van der Waals surface area contributed by atoms with Crippen LogP contribution in [0.15, 0.2) is 42.5 Å². The molecule has 25 heavy (non-hydrogen) atoms. The van der Waals surface area contributed by atoms with Gasteiger partial charge in [0.25, 0.3) is 0 Å². The molecule has 0 heterocycles.